The van der Waals surface area contributed by atoms with Crippen molar-refractivity contribution in [3.8, 4) is 11.3 Å². The number of hydrogen-bond acceptors (Lipinski definition) is 8. The molecule has 1 aliphatic heterocycles. The molecule has 2 fully saturated rings. The summed E-state index contributed by atoms with van der Waals surface area (Å²) in [5, 5.41) is 3.56. The first kappa shape index (κ1) is 26.7. The number of methoxy groups -OCH3 is 1. The predicted molar refractivity (Wildman–Crippen MR) is 144 cm³/mol. The molecule has 9 heteroatoms. The molecule has 200 valence electrons. The zero-order chi connectivity index (χ0) is 26.6. The highest BCUT2D eigenvalue weighted by atomic mass is 16.6. The maximum atomic E-state index is 12.7. The molecule has 3 heterocycles. The van der Waals surface area contributed by atoms with Crippen molar-refractivity contribution in [2.45, 2.75) is 77.5 Å². The van der Waals surface area contributed by atoms with Crippen molar-refractivity contribution in [3.63, 3.8) is 0 Å². The lowest BCUT2D eigenvalue weighted by molar-refractivity contribution is 0.0158. The van der Waals surface area contributed by atoms with Crippen LogP contribution in [0.2, 0.25) is 0 Å². The van der Waals surface area contributed by atoms with Gasteiger partial charge in [0.2, 0.25) is 0 Å². The highest BCUT2D eigenvalue weighted by Gasteiger charge is 2.31. The standard InChI is InChI=1S/C28H39N5O4/c1-19-18-32(13-14-33(19)27(35)37-28(2,3)4)25-17-21(26(34)36-5)15-23(31-25)20-11-12-29-24(16-20)30-22-9-7-6-8-10-22/h11-12,15-17,19,22H,6-10,13-14,18H2,1-5H3,(H,29,30)/t19-/m1/s1. The number of carbonyl (C=O) groups excluding carboxylic acids is 2. The summed E-state index contributed by atoms with van der Waals surface area (Å²) in [6.45, 7) is 9.24. The van der Waals surface area contributed by atoms with E-state index in [1.54, 1.807) is 23.2 Å². The molecule has 0 aromatic carbocycles. The van der Waals surface area contributed by atoms with E-state index < -0.39 is 11.6 Å². The van der Waals surface area contributed by atoms with Crippen LogP contribution in [0.4, 0.5) is 16.4 Å². The van der Waals surface area contributed by atoms with E-state index in [-0.39, 0.29) is 12.1 Å². The summed E-state index contributed by atoms with van der Waals surface area (Å²) < 4.78 is 10.6. The molecule has 2 aromatic rings. The lowest BCUT2D eigenvalue weighted by Crippen LogP contribution is -2.55. The Bertz CT molecular complexity index is 1110. The normalized spacial score (nSPS) is 18.9. The highest BCUT2D eigenvalue weighted by molar-refractivity contribution is 5.91. The number of nitrogens with zero attached hydrogens (tertiary/aromatic N) is 4. The molecule has 9 nitrogen and oxygen atoms in total. The molecule has 0 unspecified atom stereocenters. The van der Waals surface area contributed by atoms with Gasteiger partial charge in [0.15, 0.2) is 0 Å². The zero-order valence-electron chi connectivity index (χ0n) is 22.6. The van der Waals surface area contributed by atoms with Gasteiger partial charge in [-0.05, 0) is 64.8 Å². The number of hydrogen-bond donors (Lipinski definition) is 1. The van der Waals surface area contributed by atoms with Gasteiger partial charge in [-0.3, -0.25) is 0 Å². The topological polar surface area (TPSA) is 96.9 Å². The first-order chi connectivity index (χ1) is 17.6. The fourth-order valence-electron chi connectivity index (χ4n) is 4.94. The molecule has 1 saturated carbocycles. The molecule has 1 N–H and O–H groups in total. The Balaban J connectivity index is 1.57. The second-order valence-corrected chi connectivity index (χ2v) is 11.0. The smallest absolute Gasteiger partial charge is 0.410 e. The Kier molecular flexibility index (Phi) is 8.19. The minimum atomic E-state index is -0.547. The number of piperazine rings is 1. The van der Waals surface area contributed by atoms with Crippen LogP contribution in [0.25, 0.3) is 11.3 Å². The summed E-state index contributed by atoms with van der Waals surface area (Å²) in [4.78, 5) is 38.5. The third kappa shape index (κ3) is 6.90. The van der Waals surface area contributed by atoms with Crippen LogP contribution >= 0.6 is 0 Å². The lowest BCUT2D eigenvalue weighted by Gasteiger charge is -2.40. The Hall–Kier alpha value is -3.36. The summed E-state index contributed by atoms with van der Waals surface area (Å²) in [6.07, 6.45) is 7.54. The quantitative estimate of drug-likeness (QED) is 0.555. The van der Waals surface area contributed by atoms with Crippen LogP contribution in [0.5, 0.6) is 0 Å². The SMILES string of the molecule is COC(=O)c1cc(-c2ccnc(NC3CCCCC3)c2)nc(N2CCN(C(=O)OC(C)(C)C)[C@H](C)C2)c1. The zero-order valence-corrected chi connectivity index (χ0v) is 22.6. The molecule has 1 saturated heterocycles. The Labute approximate surface area is 219 Å². The minimum absolute atomic E-state index is 0.0807. The van der Waals surface area contributed by atoms with E-state index >= 15 is 0 Å². The predicted octanol–water partition coefficient (Wildman–Crippen LogP) is 5.12. The number of amides is 1. The van der Waals surface area contributed by atoms with Gasteiger partial charge in [0, 0.05) is 43.5 Å². The van der Waals surface area contributed by atoms with Gasteiger partial charge in [0.1, 0.15) is 17.2 Å². The van der Waals surface area contributed by atoms with Crippen molar-refractivity contribution in [1.82, 2.24) is 14.9 Å². The van der Waals surface area contributed by atoms with Crippen molar-refractivity contribution in [2.24, 2.45) is 0 Å². The van der Waals surface area contributed by atoms with Crippen LogP contribution in [0.15, 0.2) is 30.5 Å². The molecule has 0 bridgehead atoms. The van der Waals surface area contributed by atoms with Gasteiger partial charge in [-0.15, -0.1) is 0 Å². The van der Waals surface area contributed by atoms with Gasteiger partial charge >= 0.3 is 12.1 Å². The Morgan fingerprint density at radius 2 is 1.84 bits per heavy atom. The van der Waals surface area contributed by atoms with Gasteiger partial charge in [-0.2, -0.15) is 0 Å². The number of esters is 1. The largest absolute Gasteiger partial charge is 0.465 e. The summed E-state index contributed by atoms with van der Waals surface area (Å²) in [6, 6.07) is 7.77. The Morgan fingerprint density at radius 1 is 1.08 bits per heavy atom. The molecule has 0 spiro atoms. The molecule has 2 aromatic heterocycles. The van der Waals surface area contributed by atoms with E-state index in [1.165, 1.54) is 26.4 Å². The molecular formula is C28H39N5O4. The number of pyridine rings is 2. The first-order valence-electron chi connectivity index (χ1n) is 13.2. The van der Waals surface area contributed by atoms with Crippen molar-refractivity contribution in [1.29, 1.82) is 0 Å². The molecule has 4 rings (SSSR count). The first-order valence-corrected chi connectivity index (χ1v) is 13.2. The molecule has 37 heavy (non-hydrogen) atoms. The molecule has 1 amide bonds. The molecule has 0 radical (unpaired) electrons. The van der Waals surface area contributed by atoms with Crippen LogP contribution in [-0.4, -0.2) is 71.4 Å². The van der Waals surface area contributed by atoms with Crippen LogP contribution < -0.4 is 10.2 Å². The number of rotatable bonds is 5. The van der Waals surface area contributed by atoms with Crippen molar-refractivity contribution < 1.29 is 19.1 Å². The summed E-state index contributed by atoms with van der Waals surface area (Å²) in [5.41, 5.74) is 1.44. The van der Waals surface area contributed by atoms with Gasteiger partial charge in [0.05, 0.1) is 18.4 Å². The van der Waals surface area contributed by atoms with Crippen LogP contribution in [-0.2, 0) is 9.47 Å². The third-order valence-electron chi connectivity index (χ3n) is 6.83. The maximum Gasteiger partial charge on any atom is 0.410 e. The average Bonchev–Trinajstić information content (AvgIpc) is 2.87. The minimum Gasteiger partial charge on any atom is -0.465 e. The third-order valence-corrected chi connectivity index (χ3v) is 6.83. The Morgan fingerprint density at radius 3 is 2.51 bits per heavy atom. The van der Waals surface area contributed by atoms with E-state index in [9.17, 15) is 9.59 Å². The molecule has 1 atom stereocenters. The van der Waals surface area contributed by atoms with Crippen molar-refractivity contribution in [2.75, 3.05) is 37.0 Å². The highest BCUT2D eigenvalue weighted by Crippen LogP contribution is 2.28. The van der Waals surface area contributed by atoms with Crippen LogP contribution in [0, 0.1) is 0 Å². The number of nitrogens with one attached hydrogen (secondary N) is 1. The fourth-order valence-corrected chi connectivity index (χ4v) is 4.94. The summed E-state index contributed by atoms with van der Waals surface area (Å²) in [7, 11) is 1.38. The monoisotopic (exact) mass is 509 g/mol. The summed E-state index contributed by atoms with van der Waals surface area (Å²) in [5.74, 6) is 1.07. The van der Waals surface area contributed by atoms with E-state index in [0.717, 1.165) is 24.2 Å². The number of ether oxygens (including phenoxy) is 2. The van der Waals surface area contributed by atoms with E-state index in [0.29, 0.717) is 42.8 Å². The molecule has 2 aliphatic rings. The second-order valence-electron chi connectivity index (χ2n) is 11.0. The van der Waals surface area contributed by atoms with E-state index in [4.69, 9.17) is 14.5 Å². The maximum absolute atomic E-state index is 12.7. The number of anilines is 2. The van der Waals surface area contributed by atoms with Crippen LogP contribution in [0.1, 0.15) is 70.2 Å². The van der Waals surface area contributed by atoms with E-state index in [1.807, 2.05) is 39.8 Å². The number of carbonyl (C=O) groups is 2. The van der Waals surface area contributed by atoms with Gasteiger partial charge in [-0.1, -0.05) is 19.3 Å². The van der Waals surface area contributed by atoms with E-state index in [2.05, 4.69) is 15.2 Å². The van der Waals surface area contributed by atoms with Crippen molar-refractivity contribution >= 4 is 23.7 Å². The van der Waals surface area contributed by atoms with Crippen molar-refractivity contribution in [3.05, 3.63) is 36.0 Å². The average molecular weight is 510 g/mol. The van der Waals surface area contributed by atoms with Crippen LogP contribution in [0.3, 0.4) is 0 Å². The number of aromatic nitrogens is 2. The van der Waals surface area contributed by atoms with Gasteiger partial charge < -0.3 is 24.6 Å². The lowest BCUT2D eigenvalue weighted by atomic mass is 9.95. The summed E-state index contributed by atoms with van der Waals surface area (Å²) >= 11 is 0. The van der Waals surface area contributed by atoms with Gasteiger partial charge in [0.25, 0.3) is 0 Å². The molecular weight excluding hydrogens is 470 g/mol. The second kappa shape index (κ2) is 11.4. The molecule has 1 aliphatic carbocycles. The van der Waals surface area contributed by atoms with Gasteiger partial charge in [-0.25, -0.2) is 19.6 Å². The fraction of sp³-hybridized carbons (Fsp3) is 0.571.